The third kappa shape index (κ3) is 6.30. The first kappa shape index (κ1) is 37.6. The molecule has 3 heterocycles. The van der Waals surface area contributed by atoms with Gasteiger partial charge in [0.1, 0.15) is 0 Å². The fraction of sp³-hybridized carbons (Fsp3) is 0.0500. The van der Waals surface area contributed by atoms with E-state index in [0.29, 0.717) is 23.4 Å². The maximum Gasteiger partial charge on any atom is 0.164 e. The molecule has 5 heteroatoms. The van der Waals surface area contributed by atoms with Crippen molar-refractivity contribution in [1.29, 1.82) is 0 Å². The minimum atomic E-state index is 0.327. The van der Waals surface area contributed by atoms with Crippen LogP contribution in [-0.4, -0.2) is 19.5 Å². The number of para-hydroxylation sites is 1. The smallest absolute Gasteiger partial charge is 0.164 e. The number of fused-ring (bicyclic) bond motifs is 10. The van der Waals surface area contributed by atoms with Gasteiger partial charge in [-0.15, -0.1) is 11.3 Å². The summed E-state index contributed by atoms with van der Waals surface area (Å²) in [6.45, 7) is 0. The summed E-state index contributed by atoms with van der Waals surface area (Å²) >= 11 is 1.81. The summed E-state index contributed by atoms with van der Waals surface area (Å²) < 4.78 is 4.94. The van der Waals surface area contributed by atoms with Gasteiger partial charge in [-0.1, -0.05) is 170 Å². The third-order valence-corrected chi connectivity index (χ3v) is 14.4. The van der Waals surface area contributed by atoms with Crippen LogP contribution in [0, 0.1) is 0 Å². The number of hydrogen-bond acceptors (Lipinski definition) is 4. The minimum Gasteiger partial charge on any atom is -0.309 e. The second kappa shape index (κ2) is 15.4. The van der Waals surface area contributed by atoms with Crippen LogP contribution in [-0.2, 0) is 6.42 Å². The molecular weight excluding hydrogens is 809 g/mol. The summed E-state index contributed by atoms with van der Waals surface area (Å²) in [7, 11) is 0. The number of benzene rings is 9. The molecular formula is C60H40N4S. The largest absolute Gasteiger partial charge is 0.309 e. The van der Waals surface area contributed by atoms with Gasteiger partial charge in [0.25, 0.3) is 0 Å². The van der Waals surface area contributed by atoms with Crippen LogP contribution < -0.4 is 0 Å². The molecule has 1 aliphatic carbocycles. The molecule has 0 saturated carbocycles. The summed E-state index contributed by atoms with van der Waals surface area (Å²) in [6.07, 6.45) is 2.10. The van der Waals surface area contributed by atoms with E-state index in [2.05, 4.69) is 180 Å². The molecule has 4 nitrogen and oxygen atoms in total. The van der Waals surface area contributed by atoms with Gasteiger partial charge in [-0.2, -0.15) is 0 Å². The molecule has 9 aromatic carbocycles. The molecule has 1 atom stereocenters. The fourth-order valence-corrected chi connectivity index (χ4v) is 11.4. The number of aryl methyl sites for hydroxylation is 1. The van der Waals surface area contributed by atoms with Crippen molar-refractivity contribution in [1.82, 2.24) is 19.5 Å². The molecule has 3 aromatic heterocycles. The summed E-state index contributed by atoms with van der Waals surface area (Å²) in [5.41, 5.74) is 15.9. The number of nitrogens with zero attached hydrogens (tertiary/aromatic N) is 4. The molecule has 0 saturated heterocycles. The number of hydrogen-bond donors (Lipinski definition) is 0. The topological polar surface area (TPSA) is 43.6 Å². The summed E-state index contributed by atoms with van der Waals surface area (Å²) in [4.78, 5) is 15.3. The molecule has 65 heavy (non-hydrogen) atoms. The lowest BCUT2D eigenvalue weighted by molar-refractivity contribution is 0.730. The highest BCUT2D eigenvalue weighted by Crippen LogP contribution is 2.52. The van der Waals surface area contributed by atoms with Gasteiger partial charge >= 0.3 is 0 Å². The molecule has 1 aliphatic rings. The van der Waals surface area contributed by atoms with Crippen LogP contribution in [0.2, 0.25) is 0 Å². The first-order valence-corrected chi connectivity index (χ1v) is 23.2. The maximum atomic E-state index is 5.15. The van der Waals surface area contributed by atoms with Crippen LogP contribution in [0.1, 0.15) is 29.0 Å². The van der Waals surface area contributed by atoms with Gasteiger partial charge in [0.15, 0.2) is 17.5 Å². The van der Waals surface area contributed by atoms with Crippen molar-refractivity contribution < 1.29 is 0 Å². The fourth-order valence-electron chi connectivity index (χ4n) is 10.3. The quantitative estimate of drug-likeness (QED) is 0.153. The van der Waals surface area contributed by atoms with Crippen molar-refractivity contribution in [3.8, 4) is 62.1 Å². The summed E-state index contributed by atoms with van der Waals surface area (Å²) in [5, 5.41) is 4.88. The lowest BCUT2D eigenvalue weighted by atomic mass is 9.90. The molecule has 0 radical (unpaired) electrons. The van der Waals surface area contributed by atoms with E-state index in [4.69, 9.17) is 15.0 Å². The van der Waals surface area contributed by atoms with E-state index < -0.39 is 0 Å². The van der Waals surface area contributed by atoms with Crippen LogP contribution in [0.5, 0.6) is 0 Å². The molecule has 0 aliphatic heterocycles. The molecule has 0 amide bonds. The Bertz CT molecular complexity index is 3710. The van der Waals surface area contributed by atoms with Crippen LogP contribution in [0.15, 0.2) is 212 Å². The van der Waals surface area contributed by atoms with Crippen LogP contribution in [0.4, 0.5) is 0 Å². The zero-order valence-electron chi connectivity index (χ0n) is 35.4. The second-order valence-corrected chi connectivity index (χ2v) is 18.1. The highest BCUT2D eigenvalue weighted by atomic mass is 32.1. The summed E-state index contributed by atoms with van der Waals surface area (Å²) in [6, 6.07) is 76.6. The van der Waals surface area contributed by atoms with E-state index in [1.54, 1.807) is 0 Å². The predicted molar refractivity (Wildman–Crippen MR) is 271 cm³/mol. The molecule has 306 valence electrons. The lowest BCUT2D eigenvalue weighted by Crippen LogP contribution is -2.00. The lowest BCUT2D eigenvalue weighted by Gasteiger charge is -2.14. The zero-order valence-corrected chi connectivity index (χ0v) is 36.2. The van der Waals surface area contributed by atoms with Crippen molar-refractivity contribution in [2.45, 2.75) is 18.8 Å². The van der Waals surface area contributed by atoms with Gasteiger partial charge in [-0.25, -0.2) is 15.0 Å². The van der Waals surface area contributed by atoms with Gasteiger partial charge in [0.05, 0.1) is 11.0 Å². The summed E-state index contributed by atoms with van der Waals surface area (Å²) in [5.74, 6) is 2.31. The van der Waals surface area contributed by atoms with E-state index in [9.17, 15) is 0 Å². The first-order chi connectivity index (χ1) is 32.2. The molecule has 0 fully saturated rings. The Morgan fingerprint density at radius 3 is 1.78 bits per heavy atom. The highest BCUT2D eigenvalue weighted by Gasteiger charge is 2.32. The van der Waals surface area contributed by atoms with Crippen LogP contribution in [0.3, 0.4) is 0 Å². The Morgan fingerprint density at radius 2 is 1.05 bits per heavy atom. The first-order valence-electron chi connectivity index (χ1n) is 22.4. The monoisotopic (exact) mass is 848 g/mol. The Kier molecular flexibility index (Phi) is 8.88. The van der Waals surface area contributed by atoms with Gasteiger partial charge in [0.2, 0.25) is 0 Å². The van der Waals surface area contributed by atoms with Crippen molar-refractivity contribution >= 4 is 53.3 Å². The SMILES string of the molecule is c1ccc(CCC2c3ccccc3-c3c2ccc2c4cc(-c5ccc6sc7cccc(-c8nc(-c9ccccc9)nc(-c9ccccc9)n8)c7c6c5)ccc4n(-c4ccccc4)c32)cc1. The average Bonchev–Trinajstić information content (AvgIpc) is 4.03. The van der Waals surface area contributed by atoms with Crippen LogP contribution >= 0.6 is 11.3 Å². The zero-order chi connectivity index (χ0) is 42.8. The minimum absolute atomic E-state index is 0.327. The van der Waals surface area contributed by atoms with Crippen molar-refractivity contribution in [2.24, 2.45) is 0 Å². The normalized spacial score (nSPS) is 13.2. The molecule has 1 unspecified atom stereocenters. The molecule has 0 N–H and O–H groups in total. The Hall–Kier alpha value is -7.99. The second-order valence-electron chi connectivity index (χ2n) is 17.0. The van der Waals surface area contributed by atoms with Crippen LogP contribution in [0.25, 0.3) is 104 Å². The van der Waals surface area contributed by atoms with Crippen molar-refractivity contribution in [2.75, 3.05) is 0 Å². The molecule has 0 bridgehead atoms. The van der Waals surface area contributed by atoms with E-state index in [1.807, 2.05) is 47.7 Å². The predicted octanol–water partition coefficient (Wildman–Crippen LogP) is 15.7. The van der Waals surface area contributed by atoms with Gasteiger partial charge in [-0.05, 0) is 88.7 Å². The van der Waals surface area contributed by atoms with Crippen molar-refractivity contribution in [3.63, 3.8) is 0 Å². The van der Waals surface area contributed by atoms with E-state index in [-0.39, 0.29) is 0 Å². The van der Waals surface area contributed by atoms with Gasteiger partial charge < -0.3 is 4.57 Å². The maximum absolute atomic E-state index is 5.15. The average molecular weight is 849 g/mol. The van der Waals surface area contributed by atoms with E-state index in [0.717, 1.165) is 34.9 Å². The molecule has 12 aromatic rings. The molecule has 13 rings (SSSR count). The Labute approximate surface area is 380 Å². The van der Waals surface area contributed by atoms with Gasteiger partial charge in [-0.3, -0.25) is 0 Å². The number of aromatic nitrogens is 4. The third-order valence-electron chi connectivity index (χ3n) is 13.3. The Morgan fingerprint density at radius 1 is 0.431 bits per heavy atom. The Balaban J connectivity index is 0.980. The molecule has 0 spiro atoms. The van der Waals surface area contributed by atoms with Gasteiger partial charge in [0, 0.05) is 64.8 Å². The van der Waals surface area contributed by atoms with E-state index >= 15 is 0 Å². The standard InChI is InChI=1S/C60H40N4S/c1-5-16-38(17-6-1)28-31-45-44-24-13-14-25-46(44)56-47(45)32-33-48-50-36-41(29-34-52(50)64(57(48)56)43-22-11-4-12-23-43)42-30-35-53-51(37-42)55-49(26-15-27-54(55)65-53)60-62-58(39-18-7-2-8-19-39)61-59(63-60)40-20-9-3-10-21-40/h1-27,29-30,32-37,45H,28,31H2. The van der Waals surface area contributed by atoms with E-state index in [1.165, 1.54) is 81.2 Å². The highest BCUT2D eigenvalue weighted by molar-refractivity contribution is 7.26. The number of thiophene rings is 1. The van der Waals surface area contributed by atoms with Crippen molar-refractivity contribution in [3.05, 3.63) is 229 Å². The number of rotatable bonds is 8.